The minimum absolute atomic E-state index is 0.144. The Kier molecular flexibility index (Phi) is 5.82. The third kappa shape index (κ3) is 3.84. The monoisotopic (exact) mass is 372 g/mol. The van der Waals surface area contributed by atoms with E-state index in [4.69, 9.17) is 10.5 Å². The van der Waals surface area contributed by atoms with E-state index in [1.165, 1.54) is 0 Å². The molecule has 1 fully saturated rings. The molecule has 2 N–H and O–H groups in total. The number of fused-ring (bicyclic) bond motifs is 1. The number of aromatic nitrogens is 1. The molecule has 0 aliphatic carbocycles. The predicted molar refractivity (Wildman–Crippen MR) is 105 cm³/mol. The van der Waals surface area contributed by atoms with Crippen LogP contribution < -0.4 is 5.73 Å². The average molecular weight is 372 g/mol. The van der Waals surface area contributed by atoms with Gasteiger partial charge in [-0.15, -0.1) is 0 Å². The molecule has 7 nitrogen and oxygen atoms in total. The van der Waals surface area contributed by atoms with Crippen molar-refractivity contribution in [2.45, 2.75) is 32.5 Å². The first kappa shape index (κ1) is 19.4. The molecule has 1 aromatic carbocycles. The van der Waals surface area contributed by atoms with Crippen LogP contribution in [0.5, 0.6) is 0 Å². The van der Waals surface area contributed by atoms with Crippen molar-refractivity contribution in [3.63, 3.8) is 0 Å². The van der Waals surface area contributed by atoms with E-state index in [0.717, 1.165) is 17.4 Å². The number of nitrogens with two attached hydrogens (primary N) is 1. The molecule has 0 saturated carbocycles. The fourth-order valence-corrected chi connectivity index (χ4v) is 3.71. The van der Waals surface area contributed by atoms with E-state index in [1.807, 2.05) is 35.0 Å². The molecule has 2 aromatic rings. The van der Waals surface area contributed by atoms with Crippen molar-refractivity contribution in [1.29, 1.82) is 0 Å². The molecular formula is C20H28N4O3. The molecule has 2 amide bonds. The van der Waals surface area contributed by atoms with Gasteiger partial charge in [0.05, 0.1) is 12.2 Å². The summed E-state index contributed by atoms with van der Waals surface area (Å²) in [5.41, 5.74) is 7.22. The van der Waals surface area contributed by atoms with E-state index in [1.54, 1.807) is 12.0 Å². The zero-order chi connectivity index (χ0) is 19.6. The molecule has 2 heterocycles. The average Bonchev–Trinajstić information content (AvgIpc) is 3.04. The van der Waals surface area contributed by atoms with E-state index in [9.17, 15) is 9.59 Å². The van der Waals surface area contributed by atoms with Gasteiger partial charge in [-0.3, -0.25) is 14.5 Å². The van der Waals surface area contributed by atoms with Crippen molar-refractivity contribution in [2.75, 3.05) is 33.4 Å². The van der Waals surface area contributed by atoms with Gasteiger partial charge in [0.25, 0.3) is 5.91 Å². The van der Waals surface area contributed by atoms with Crippen molar-refractivity contribution in [3.05, 3.63) is 36.0 Å². The maximum absolute atomic E-state index is 13.3. The van der Waals surface area contributed by atoms with Gasteiger partial charge in [-0.25, -0.2) is 0 Å². The third-order valence-corrected chi connectivity index (χ3v) is 5.29. The molecular weight excluding hydrogens is 344 g/mol. The Balaban J connectivity index is 1.94. The molecule has 146 valence electrons. The van der Waals surface area contributed by atoms with Gasteiger partial charge < -0.3 is 19.9 Å². The van der Waals surface area contributed by atoms with Crippen LogP contribution in [0.4, 0.5) is 0 Å². The van der Waals surface area contributed by atoms with Crippen LogP contribution in [0, 0.1) is 0 Å². The largest absolute Gasteiger partial charge is 0.383 e. The number of rotatable bonds is 6. The molecule has 1 atom stereocenters. The molecule has 1 aromatic heterocycles. The summed E-state index contributed by atoms with van der Waals surface area (Å²) in [5.74, 6) is -0.605. The Hall–Kier alpha value is -2.38. The number of ether oxygens (including phenoxy) is 1. The van der Waals surface area contributed by atoms with Crippen LogP contribution in [0.15, 0.2) is 30.5 Å². The van der Waals surface area contributed by atoms with E-state index in [2.05, 4.69) is 18.7 Å². The molecule has 0 spiro atoms. The molecule has 1 unspecified atom stereocenters. The van der Waals surface area contributed by atoms with Gasteiger partial charge in [-0.2, -0.15) is 0 Å². The van der Waals surface area contributed by atoms with Crippen LogP contribution in [-0.2, 0) is 16.1 Å². The number of hydrogen-bond donors (Lipinski definition) is 1. The number of nitrogens with zero attached hydrogens (tertiary/aromatic N) is 3. The van der Waals surface area contributed by atoms with Gasteiger partial charge in [-0.1, -0.05) is 18.2 Å². The minimum atomic E-state index is -0.616. The van der Waals surface area contributed by atoms with Crippen molar-refractivity contribution in [3.8, 4) is 0 Å². The smallest absolute Gasteiger partial charge is 0.256 e. The fourth-order valence-electron chi connectivity index (χ4n) is 3.71. The lowest BCUT2D eigenvalue weighted by molar-refractivity contribution is -0.124. The Bertz CT molecular complexity index is 830. The van der Waals surface area contributed by atoms with Crippen molar-refractivity contribution in [1.82, 2.24) is 14.4 Å². The van der Waals surface area contributed by atoms with E-state index in [0.29, 0.717) is 37.8 Å². The zero-order valence-electron chi connectivity index (χ0n) is 16.2. The number of para-hydroxylation sites is 1. The van der Waals surface area contributed by atoms with Crippen LogP contribution in [0.25, 0.3) is 10.9 Å². The summed E-state index contributed by atoms with van der Waals surface area (Å²) in [7, 11) is 1.66. The summed E-state index contributed by atoms with van der Waals surface area (Å²) in [5, 5.41) is 0.883. The Morgan fingerprint density at radius 1 is 1.26 bits per heavy atom. The lowest BCUT2D eigenvalue weighted by Crippen LogP contribution is -2.60. The number of primary amides is 1. The van der Waals surface area contributed by atoms with Crippen molar-refractivity contribution < 1.29 is 14.3 Å². The lowest BCUT2D eigenvalue weighted by Gasteiger charge is -2.41. The molecule has 3 rings (SSSR count). The number of amides is 2. The highest BCUT2D eigenvalue weighted by molar-refractivity contribution is 6.08. The van der Waals surface area contributed by atoms with Gasteiger partial charge in [0.15, 0.2) is 0 Å². The van der Waals surface area contributed by atoms with Crippen molar-refractivity contribution >= 4 is 22.7 Å². The normalized spacial score (nSPS) is 18.4. The first-order chi connectivity index (χ1) is 12.9. The van der Waals surface area contributed by atoms with Gasteiger partial charge >= 0.3 is 0 Å². The molecule has 7 heteroatoms. The van der Waals surface area contributed by atoms with Crippen LogP contribution in [-0.4, -0.2) is 71.6 Å². The van der Waals surface area contributed by atoms with E-state index in [-0.39, 0.29) is 5.91 Å². The van der Waals surface area contributed by atoms with Crippen molar-refractivity contribution in [2.24, 2.45) is 5.73 Å². The SMILES string of the molecule is COCCn1cc(C(=O)N2CCN(C(C)C)CC2C(N)=O)c2ccccc21. The molecule has 1 aliphatic heterocycles. The van der Waals surface area contributed by atoms with Gasteiger partial charge in [0.2, 0.25) is 5.91 Å². The molecule has 0 radical (unpaired) electrons. The Morgan fingerprint density at radius 3 is 2.67 bits per heavy atom. The summed E-state index contributed by atoms with van der Waals surface area (Å²) >= 11 is 0. The van der Waals surface area contributed by atoms with Crippen LogP contribution in [0.3, 0.4) is 0 Å². The maximum atomic E-state index is 13.3. The van der Waals surface area contributed by atoms with Crippen LogP contribution in [0.1, 0.15) is 24.2 Å². The second-order valence-corrected chi connectivity index (χ2v) is 7.25. The highest BCUT2D eigenvalue weighted by atomic mass is 16.5. The quantitative estimate of drug-likeness (QED) is 0.829. The summed E-state index contributed by atoms with van der Waals surface area (Å²) in [6.45, 7) is 7.07. The van der Waals surface area contributed by atoms with Crippen LogP contribution >= 0.6 is 0 Å². The first-order valence-electron chi connectivity index (χ1n) is 9.35. The van der Waals surface area contributed by atoms with Gasteiger partial charge in [0, 0.05) is 56.4 Å². The van der Waals surface area contributed by atoms with Gasteiger partial charge in [-0.05, 0) is 19.9 Å². The minimum Gasteiger partial charge on any atom is -0.383 e. The maximum Gasteiger partial charge on any atom is 0.256 e. The number of benzene rings is 1. The number of carbonyl (C=O) groups excluding carboxylic acids is 2. The fraction of sp³-hybridized carbons (Fsp3) is 0.500. The van der Waals surface area contributed by atoms with E-state index < -0.39 is 11.9 Å². The molecule has 1 saturated heterocycles. The lowest BCUT2D eigenvalue weighted by atomic mass is 10.1. The second kappa shape index (κ2) is 8.10. The standard InChI is InChI=1S/C20H28N4O3/c1-14(2)22-8-9-24(18(13-22)19(21)25)20(26)16-12-23(10-11-27-3)17-7-5-4-6-15(16)17/h4-7,12,14,18H,8-11,13H2,1-3H3,(H2,21,25). The summed E-state index contributed by atoms with van der Waals surface area (Å²) in [6.07, 6.45) is 1.86. The Labute approximate surface area is 159 Å². The summed E-state index contributed by atoms with van der Waals surface area (Å²) < 4.78 is 7.20. The van der Waals surface area contributed by atoms with E-state index >= 15 is 0 Å². The highest BCUT2D eigenvalue weighted by Gasteiger charge is 2.36. The zero-order valence-corrected chi connectivity index (χ0v) is 16.2. The van der Waals surface area contributed by atoms with Crippen LogP contribution in [0.2, 0.25) is 0 Å². The topological polar surface area (TPSA) is 80.8 Å². The predicted octanol–water partition coefficient (Wildman–Crippen LogP) is 1.31. The second-order valence-electron chi connectivity index (χ2n) is 7.25. The number of carbonyl (C=O) groups is 2. The third-order valence-electron chi connectivity index (χ3n) is 5.29. The molecule has 0 bridgehead atoms. The summed E-state index contributed by atoms with van der Waals surface area (Å²) in [6, 6.07) is 7.49. The molecule has 27 heavy (non-hydrogen) atoms. The highest BCUT2D eigenvalue weighted by Crippen LogP contribution is 2.25. The first-order valence-corrected chi connectivity index (χ1v) is 9.35. The Morgan fingerprint density at radius 2 is 2.00 bits per heavy atom. The number of hydrogen-bond acceptors (Lipinski definition) is 4. The summed E-state index contributed by atoms with van der Waals surface area (Å²) in [4.78, 5) is 29.2. The number of methoxy groups -OCH3 is 1. The number of piperazine rings is 1. The van der Waals surface area contributed by atoms with Gasteiger partial charge in [0.1, 0.15) is 6.04 Å². The molecule has 1 aliphatic rings.